The summed E-state index contributed by atoms with van der Waals surface area (Å²) in [6, 6.07) is 74.0. The Balaban J connectivity index is 0.000000118. The normalized spacial score (nSPS) is 18.6. The number of hydrazine groups is 1. The standard InChI is InChI=1S/C35H33N3O3.C33H33NO3.C31H23NO3.C28H25NO3/c1-24-21-26(23-29(41-24)17-15-25-16-18-31-30(22-25)35(2,3)19-20-36(31)4)32-33(39)37(27-11-7-5-8-12-27)38(34(32)40)28-13-9-6-10-14-28;1-20-16-22(28-30(35)24-8-6-7-9-25(24)31(28)36)19-23(37-20)11-10-21-17-26-29-27(18-21)33(4,5)13-15-34(29)14-12-32(26,2)3;1-3-32-27-11-7-6-8-23(27)26-17-20(13-15-28(26)32)12-14-22-18-21(16-19(2)35-22)29-30(33)24-9-4-5-10-25(24)31(29)34;1-19-17-21(26-27(30)24-7-3-4-8-25(24)28(26)31)18-23(32-19)14-11-20-9-12-22(13-10-20)29-15-5-2-6-16-29/h5-18,21-23H,19-20H2,1-4H3;6-11,16-19H,12-15H2,1-5H3;4-18H,3H2,1-2H3;3-4,7-14,17-18H,2,5-6,15-16H2,1H3/b17-15+;11-10+;14-12+;14-11+. The topological polar surface area (TPSA) is 195 Å². The monoisotopic (exact) mass is 1910 g/mol. The van der Waals surface area contributed by atoms with Gasteiger partial charge in [0.2, 0.25) is 0 Å². The lowest BCUT2D eigenvalue weighted by Gasteiger charge is -2.48. The predicted molar refractivity (Wildman–Crippen MR) is 578 cm³/mol. The highest BCUT2D eigenvalue weighted by Gasteiger charge is 2.46. The molecule has 0 atom stereocenters. The number of ketones is 6. The molecule has 0 bridgehead atoms. The van der Waals surface area contributed by atoms with Gasteiger partial charge < -0.3 is 38.2 Å². The molecule has 23 rings (SSSR count). The molecule has 0 N–H and O–H groups in total. The van der Waals surface area contributed by atoms with Crippen LogP contribution in [0.25, 0.3) is 46.1 Å². The van der Waals surface area contributed by atoms with Crippen molar-refractivity contribution >= 4 is 121 Å². The molecule has 3 aliphatic carbocycles. The summed E-state index contributed by atoms with van der Waals surface area (Å²) in [4.78, 5) is 113. The molecule has 145 heavy (non-hydrogen) atoms. The number of Topliss-reactive ketones (excluding diaryl/α,β-unsaturated/α-hetero) is 6. The number of anilines is 5. The Morgan fingerprint density at radius 2 is 0.648 bits per heavy atom. The van der Waals surface area contributed by atoms with E-state index in [9.17, 15) is 38.4 Å². The smallest absolute Gasteiger partial charge is 0.283 e. The van der Waals surface area contributed by atoms with Crippen molar-refractivity contribution in [2.24, 2.45) is 0 Å². The summed E-state index contributed by atoms with van der Waals surface area (Å²) in [7, 11) is 2.14. The van der Waals surface area contributed by atoms with Crippen LogP contribution in [-0.4, -0.2) is 90.9 Å². The summed E-state index contributed by atoms with van der Waals surface area (Å²) in [5.41, 5.74) is 22.3. The fourth-order valence-corrected chi connectivity index (χ4v) is 21.4. The first kappa shape index (κ1) is 95.9. The number of ether oxygens (including phenoxy) is 4. The summed E-state index contributed by atoms with van der Waals surface area (Å²) >= 11 is 0. The molecule has 11 aromatic rings. The Morgan fingerprint density at radius 3 is 1.08 bits per heavy atom. The highest BCUT2D eigenvalue weighted by Crippen LogP contribution is 2.51. The highest BCUT2D eigenvalue weighted by molar-refractivity contribution is 6.42. The van der Waals surface area contributed by atoms with Crippen LogP contribution in [0.3, 0.4) is 0 Å². The summed E-state index contributed by atoms with van der Waals surface area (Å²) < 4.78 is 26.1. The third kappa shape index (κ3) is 18.9. The Labute approximate surface area is 846 Å². The minimum Gasteiger partial charge on any atom is -0.462 e. The van der Waals surface area contributed by atoms with Crippen molar-refractivity contribution in [3.05, 3.63) is 466 Å². The van der Waals surface area contributed by atoms with Gasteiger partial charge in [0.15, 0.2) is 34.7 Å². The molecule has 0 saturated carbocycles. The SMILES string of the molecule is CC1=CC(=C2C(=O)N(c3ccccc3)N(c3ccccc3)C2=O)C=C(/C=C/c2ccc3c(c2)C(C)(C)CCN3C)O1.CC1=CC(=C2C(=O)c3ccccc3C2=O)C=C(/C=C/c2cc3c4c(c2)C(C)(C)CCN4CCC3(C)C)O1.CC1=CC(=C2C(=O)c3ccccc3C2=O)C=C(/C=C/c2ccc(N3CCCCC3)cc2)O1.CCn1c2ccccc2c2cc(/C=C/C3=CC(=C4C(=O)c5ccccc5C4=O)C=C(C)O3)ccc21. The second kappa shape index (κ2) is 39.4. The van der Waals surface area contributed by atoms with Gasteiger partial charge in [0.25, 0.3) is 11.8 Å². The zero-order valence-corrected chi connectivity index (χ0v) is 83.7. The number of para-hydroxylation sites is 3. The zero-order valence-electron chi connectivity index (χ0n) is 83.7. The van der Waals surface area contributed by atoms with Crippen LogP contribution in [0.2, 0.25) is 0 Å². The van der Waals surface area contributed by atoms with Crippen molar-refractivity contribution in [3.63, 3.8) is 0 Å². The molecule has 0 radical (unpaired) electrons. The minimum atomic E-state index is -0.383. The first-order chi connectivity index (χ1) is 69.9. The molecule has 724 valence electrons. The molecular formula is C127H114N6O12. The number of fused-ring (bicyclic) bond motifs is 7. The second-order valence-corrected chi connectivity index (χ2v) is 40.5. The zero-order chi connectivity index (χ0) is 101. The summed E-state index contributed by atoms with van der Waals surface area (Å²) in [6.07, 6.45) is 37.1. The van der Waals surface area contributed by atoms with Gasteiger partial charge >= 0.3 is 0 Å². The summed E-state index contributed by atoms with van der Waals surface area (Å²) in [6.45, 7) is 29.9. The fraction of sp³-hybridized carbons (Fsp3) is 0.213. The lowest BCUT2D eigenvalue weighted by atomic mass is 9.69. The average molecular weight is 1920 g/mol. The van der Waals surface area contributed by atoms with E-state index in [1.807, 2.05) is 131 Å². The molecular weight excluding hydrogens is 1800 g/mol. The molecule has 1 aromatic heterocycles. The number of piperidine rings is 1. The number of carbonyl (C=O) groups excluding carboxylic acids is 8. The maximum atomic E-state index is 13.9. The van der Waals surface area contributed by atoms with E-state index < -0.39 is 0 Å². The van der Waals surface area contributed by atoms with Crippen molar-refractivity contribution < 1.29 is 57.3 Å². The van der Waals surface area contributed by atoms with E-state index in [1.165, 1.54) is 84.8 Å². The van der Waals surface area contributed by atoms with Gasteiger partial charge in [0, 0.05) is 119 Å². The van der Waals surface area contributed by atoms with E-state index in [0.717, 1.165) is 80.8 Å². The number of aryl methyl sites for hydroxylation is 1. The van der Waals surface area contributed by atoms with Gasteiger partial charge in [-0.15, -0.1) is 0 Å². The van der Waals surface area contributed by atoms with Crippen LogP contribution < -0.4 is 24.7 Å². The van der Waals surface area contributed by atoms with Crippen molar-refractivity contribution in [2.75, 3.05) is 64.5 Å². The van der Waals surface area contributed by atoms with Gasteiger partial charge in [-0.1, -0.05) is 218 Å². The molecule has 2 amide bonds. The van der Waals surface area contributed by atoms with Crippen molar-refractivity contribution in [1.82, 2.24) is 4.57 Å². The number of nitrogens with zero attached hydrogens (tertiary/aromatic N) is 6. The maximum Gasteiger partial charge on any atom is 0.283 e. The minimum absolute atomic E-state index is 0.0989. The van der Waals surface area contributed by atoms with Gasteiger partial charge in [-0.25, -0.2) is 10.0 Å². The molecule has 2 saturated heterocycles. The molecule has 0 spiro atoms. The lowest BCUT2D eigenvalue weighted by Crippen LogP contribution is -2.44. The van der Waals surface area contributed by atoms with Crippen LogP contribution >= 0.6 is 0 Å². The van der Waals surface area contributed by atoms with E-state index in [4.69, 9.17) is 18.9 Å². The Hall–Kier alpha value is -16.6. The Kier molecular flexibility index (Phi) is 26.0. The van der Waals surface area contributed by atoms with E-state index in [0.29, 0.717) is 113 Å². The van der Waals surface area contributed by atoms with Crippen LogP contribution in [0.4, 0.5) is 28.4 Å². The third-order valence-corrected chi connectivity index (χ3v) is 29.2. The lowest BCUT2D eigenvalue weighted by molar-refractivity contribution is -0.116. The van der Waals surface area contributed by atoms with Crippen LogP contribution in [0.1, 0.15) is 216 Å². The van der Waals surface area contributed by atoms with Crippen LogP contribution in [-0.2, 0) is 51.3 Å². The van der Waals surface area contributed by atoms with Crippen LogP contribution in [0.5, 0.6) is 0 Å². The number of rotatable bonds is 12. The fourth-order valence-electron chi connectivity index (χ4n) is 21.4. The number of benzene rings is 10. The summed E-state index contributed by atoms with van der Waals surface area (Å²) in [5, 5.41) is 5.32. The average Bonchev–Trinajstić information content (AvgIpc) is 1.72. The maximum absolute atomic E-state index is 13.9. The van der Waals surface area contributed by atoms with E-state index in [-0.39, 0.29) is 85.1 Å². The number of amides is 2. The number of hydrogen-bond acceptors (Lipinski definition) is 15. The highest BCUT2D eigenvalue weighted by atomic mass is 16.5. The van der Waals surface area contributed by atoms with Crippen molar-refractivity contribution in [1.29, 1.82) is 0 Å². The molecule has 10 aromatic carbocycles. The molecule has 0 unspecified atom stereocenters. The van der Waals surface area contributed by atoms with Gasteiger partial charge in [-0.05, 0) is 302 Å². The molecule has 10 heterocycles. The Morgan fingerprint density at radius 1 is 0.303 bits per heavy atom. The van der Waals surface area contributed by atoms with Gasteiger partial charge in [0.1, 0.15) is 51.6 Å². The largest absolute Gasteiger partial charge is 0.462 e. The number of allylic oxidation sites excluding steroid dienone is 23. The first-order valence-electron chi connectivity index (χ1n) is 49.9. The summed E-state index contributed by atoms with van der Waals surface area (Å²) in [5.74, 6) is 2.78. The van der Waals surface area contributed by atoms with Crippen molar-refractivity contribution in [2.45, 2.75) is 137 Å². The Bertz CT molecular complexity index is 7670. The van der Waals surface area contributed by atoms with Crippen molar-refractivity contribution in [3.8, 4) is 0 Å². The van der Waals surface area contributed by atoms with Gasteiger partial charge in [-0.3, -0.25) is 38.4 Å². The number of hydrogen-bond donors (Lipinski definition) is 0. The van der Waals surface area contributed by atoms with Gasteiger partial charge in [-0.2, -0.15) is 0 Å². The van der Waals surface area contributed by atoms with Crippen LogP contribution in [0, 0.1) is 0 Å². The molecule has 12 aliphatic rings. The third-order valence-electron chi connectivity index (χ3n) is 29.2. The van der Waals surface area contributed by atoms with E-state index >= 15 is 0 Å². The number of carbonyl (C=O) groups is 8. The molecule has 18 nitrogen and oxygen atoms in total. The quantitative estimate of drug-likeness (QED) is 0.0827. The second-order valence-electron chi connectivity index (χ2n) is 40.5. The van der Waals surface area contributed by atoms with E-state index in [1.54, 1.807) is 121 Å². The first-order valence-corrected chi connectivity index (χ1v) is 49.9. The molecule has 9 aliphatic heterocycles. The molecule has 2 fully saturated rings. The molecule has 18 heteroatoms. The van der Waals surface area contributed by atoms with Crippen LogP contribution in [0.15, 0.2) is 394 Å². The van der Waals surface area contributed by atoms with E-state index in [2.05, 4.69) is 178 Å². The number of aromatic nitrogens is 1. The van der Waals surface area contributed by atoms with Gasteiger partial charge in [0.05, 0.1) is 28.1 Å². The predicted octanol–water partition coefficient (Wildman–Crippen LogP) is 26.9.